The number of rotatable bonds is 6. The minimum Gasteiger partial charge on any atom is -0.316 e. The van der Waals surface area contributed by atoms with E-state index in [0.717, 1.165) is 26.1 Å². The SMILES string of the molecule is CCC(NCC1(C(C)C)CCNC1)c1nccs1. The molecule has 0 aromatic carbocycles. The number of aromatic nitrogens is 1. The zero-order valence-corrected chi connectivity index (χ0v) is 12.5. The van der Waals surface area contributed by atoms with Crippen molar-refractivity contribution in [1.29, 1.82) is 0 Å². The van der Waals surface area contributed by atoms with Gasteiger partial charge in [0.15, 0.2) is 0 Å². The molecule has 0 saturated carbocycles. The van der Waals surface area contributed by atoms with Crippen molar-refractivity contribution in [2.75, 3.05) is 19.6 Å². The molecule has 18 heavy (non-hydrogen) atoms. The number of hydrogen-bond donors (Lipinski definition) is 2. The first-order chi connectivity index (χ1) is 8.68. The first-order valence-corrected chi connectivity index (χ1v) is 7.89. The van der Waals surface area contributed by atoms with Gasteiger partial charge in [0, 0.05) is 24.7 Å². The first-order valence-electron chi connectivity index (χ1n) is 7.01. The van der Waals surface area contributed by atoms with Crippen LogP contribution in [0.5, 0.6) is 0 Å². The van der Waals surface area contributed by atoms with Gasteiger partial charge in [0.25, 0.3) is 0 Å². The molecule has 2 rings (SSSR count). The van der Waals surface area contributed by atoms with Crippen LogP contribution >= 0.6 is 11.3 Å². The molecule has 0 radical (unpaired) electrons. The van der Waals surface area contributed by atoms with E-state index in [0.29, 0.717) is 17.4 Å². The highest BCUT2D eigenvalue weighted by Gasteiger charge is 2.37. The summed E-state index contributed by atoms with van der Waals surface area (Å²) >= 11 is 1.76. The highest BCUT2D eigenvalue weighted by Crippen LogP contribution is 2.34. The summed E-state index contributed by atoms with van der Waals surface area (Å²) in [7, 11) is 0. The van der Waals surface area contributed by atoms with Crippen LogP contribution in [0.4, 0.5) is 0 Å². The Morgan fingerprint density at radius 2 is 2.39 bits per heavy atom. The fraction of sp³-hybridized carbons (Fsp3) is 0.786. The predicted octanol–water partition coefficient (Wildman–Crippen LogP) is 2.82. The van der Waals surface area contributed by atoms with Gasteiger partial charge in [-0.3, -0.25) is 0 Å². The number of thiazole rings is 1. The summed E-state index contributed by atoms with van der Waals surface area (Å²) < 4.78 is 0. The highest BCUT2D eigenvalue weighted by molar-refractivity contribution is 7.09. The van der Waals surface area contributed by atoms with Crippen molar-refractivity contribution < 1.29 is 0 Å². The molecule has 2 atom stereocenters. The largest absolute Gasteiger partial charge is 0.316 e. The van der Waals surface area contributed by atoms with Crippen molar-refractivity contribution in [3.05, 3.63) is 16.6 Å². The molecule has 0 bridgehead atoms. The van der Waals surface area contributed by atoms with Crippen LogP contribution in [0.1, 0.15) is 44.7 Å². The van der Waals surface area contributed by atoms with E-state index in [4.69, 9.17) is 0 Å². The fourth-order valence-corrected chi connectivity index (χ4v) is 3.55. The lowest BCUT2D eigenvalue weighted by molar-refractivity contribution is 0.199. The summed E-state index contributed by atoms with van der Waals surface area (Å²) in [4.78, 5) is 4.44. The summed E-state index contributed by atoms with van der Waals surface area (Å²) in [5.74, 6) is 0.716. The van der Waals surface area contributed by atoms with Crippen molar-refractivity contribution in [1.82, 2.24) is 15.6 Å². The van der Waals surface area contributed by atoms with E-state index in [1.54, 1.807) is 11.3 Å². The van der Waals surface area contributed by atoms with E-state index in [1.165, 1.54) is 11.4 Å². The number of hydrogen-bond acceptors (Lipinski definition) is 4. The van der Waals surface area contributed by atoms with Crippen LogP contribution in [-0.2, 0) is 0 Å². The molecule has 0 aliphatic carbocycles. The molecule has 2 heterocycles. The van der Waals surface area contributed by atoms with Crippen LogP contribution in [0.25, 0.3) is 0 Å². The summed E-state index contributed by atoms with van der Waals surface area (Å²) in [5.41, 5.74) is 0.421. The zero-order valence-electron chi connectivity index (χ0n) is 11.7. The van der Waals surface area contributed by atoms with Crippen LogP contribution in [0, 0.1) is 11.3 Å². The number of nitrogens with one attached hydrogen (secondary N) is 2. The normalized spacial score (nSPS) is 25.8. The molecule has 1 aromatic heterocycles. The second kappa shape index (κ2) is 6.13. The Morgan fingerprint density at radius 3 is 2.89 bits per heavy atom. The summed E-state index contributed by atoms with van der Waals surface area (Å²) in [6.07, 6.45) is 4.29. The maximum Gasteiger partial charge on any atom is 0.109 e. The lowest BCUT2D eigenvalue weighted by Gasteiger charge is -2.34. The summed E-state index contributed by atoms with van der Waals surface area (Å²) in [5, 5.41) is 10.6. The van der Waals surface area contributed by atoms with Gasteiger partial charge in [0.05, 0.1) is 6.04 Å². The second-order valence-electron chi connectivity index (χ2n) is 5.66. The Kier molecular flexibility index (Phi) is 4.76. The Bertz CT molecular complexity index is 342. The van der Waals surface area contributed by atoms with E-state index in [9.17, 15) is 0 Å². The monoisotopic (exact) mass is 267 g/mol. The van der Waals surface area contributed by atoms with Crippen LogP contribution < -0.4 is 10.6 Å². The topological polar surface area (TPSA) is 37.0 Å². The minimum atomic E-state index is 0.418. The molecule has 102 valence electrons. The average Bonchev–Trinajstić information content (AvgIpc) is 3.00. The molecular formula is C14H25N3S. The molecule has 0 spiro atoms. The quantitative estimate of drug-likeness (QED) is 0.832. The molecule has 2 N–H and O–H groups in total. The zero-order chi connectivity index (χ0) is 13.0. The highest BCUT2D eigenvalue weighted by atomic mass is 32.1. The summed E-state index contributed by atoms with van der Waals surface area (Å²) in [6.45, 7) is 10.3. The first kappa shape index (κ1) is 14.0. The van der Waals surface area contributed by atoms with Gasteiger partial charge in [-0.15, -0.1) is 11.3 Å². The van der Waals surface area contributed by atoms with Crippen LogP contribution in [0.2, 0.25) is 0 Å². The molecule has 1 fully saturated rings. The smallest absolute Gasteiger partial charge is 0.109 e. The van der Waals surface area contributed by atoms with Gasteiger partial charge in [-0.1, -0.05) is 20.8 Å². The fourth-order valence-electron chi connectivity index (χ4n) is 2.75. The van der Waals surface area contributed by atoms with E-state index < -0.39 is 0 Å². The van der Waals surface area contributed by atoms with Crippen molar-refractivity contribution in [2.24, 2.45) is 11.3 Å². The molecule has 1 aromatic rings. The third kappa shape index (κ3) is 2.92. The Morgan fingerprint density at radius 1 is 1.56 bits per heavy atom. The average molecular weight is 267 g/mol. The molecule has 0 amide bonds. The Hall–Kier alpha value is -0.450. The second-order valence-corrected chi connectivity index (χ2v) is 6.58. The van der Waals surface area contributed by atoms with Gasteiger partial charge in [-0.25, -0.2) is 4.98 Å². The van der Waals surface area contributed by atoms with Crippen molar-refractivity contribution in [3.8, 4) is 0 Å². The lowest BCUT2D eigenvalue weighted by Crippen LogP contribution is -2.41. The molecule has 1 saturated heterocycles. The summed E-state index contributed by atoms with van der Waals surface area (Å²) in [6, 6.07) is 0.418. The maximum atomic E-state index is 4.44. The Labute approximate surface area is 114 Å². The van der Waals surface area contributed by atoms with E-state index in [1.807, 2.05) is 6.20 Å². The predicted molar refractivity (Wildman–Crippen MR) is 77.9 cm³/mol. The minimum absolute atomic E-state index is 0.418. The van der Waals surface area contributed by atoms with E-state index in [-0.39, 0.29) is 0 Å². The number of nitrogens with zero attached hydrogens (tertiary/aromatic N) is 1. The van der Waals surface area contributed by atoms with Crippen molar-refractivity contribution >= 4 is 11.3 Å². The van der Waals surface area contributed by atoms with Gasteiger partial charge in [0.2, 0.25) is 0 Å². The molecule has 4 heteroatoms. The van der Waals surface area contributed by atoms with Gasteiger partial charge in [-0.2, -0.15) is 0 Å². The third-order valence-corrected chi connectivity index (χ3v) is 5.25. The van der Waals surface area contributed by atoms with E-state index in [2.05, 4.69) is 41.8 Å². The van der Waals surface area contributed by atoms with Gasteiger partial charge in [0.1, 0.15) is 5.01 Å². The van der Waals surface area contributed by atoms with Crippen molar-refractivity contribution in [3.63, 3.8) is 0 Å². The lowest BCUT2D eigenvalue weighted by atomic mass is 9.76. The van der Waals surface area contributed by atoms with Crippen LogP contribution in [0.3, 0.4) is 0 Å². The molecule has 3 nitrogen and oxygen atoms in total. The van der Waals surface area contributed by atoms with Crippen LogP contribution in [-0.4, -0.2) is 24.6 Å². The molecule has 1 aliphatic rings. The standard InChI is InChI=1S/C14H25N3S/c1-4-12(13-16-7-8-18-13)17-10-14(11(2)3)5-6-15-9-14/h7-8,11-12,15,17H,4-6,9-10H2,1-3H3. The van der Waals surface area contributed by atoms with Gasteiger partial charge >= 0.3 is 0 Å². The molecular weight excluding hydrogens is 242 g/mol. The van der Waals surface area contributed by atoms with Gasteiger partial charge in [-0.05, 0) is 30.7 Å². The molecule has 2 unspecified atom stereocenters. The van der Waals surface area contributed by atoms with E-state index >= 15 is 0 Å². The molecule has 1 aliphatic heterocycles. The Balaban J connectivity index is 1.96. The van der Waals surface area contributed by atoms with Crippen molar-refractivity contribution in [2.45, 2.75) is 39.7 Å². The van der Waals surface area contributed by atoms with Crippen LogP contribution in [0.15, 0.2) is 11.6 Å². The maximum absolute atomic E-state index is 4.44. The third-order valence-electron chi connectivity index (χ3n) is 4.36. The van der Waals surface area contributed by atoms with Gasteiger partial charge < -0.3 is 10.6 Å².